The summed E-state index contributed by atoms with van der Waals surface area (Å²) in [7, 11) is 1.86. The first-order valence-corrected chi connectivity index (χ1v) is 4.51. The Kier molecular flexibility index (Phi) is 2.10. The van der Waals surface area contributed by atoms with Gasteiger partial charge >= 0.3 is 0 Å². The van der Waals surface area contributed by atoms with Crippen LogP contribution in [-0.4, -0.2) is 20.6 Å². The van der Waals surface area contributed by atoms with Gasteiger partial charge < -0.3 is 4.57 Å². The maximum atomic E-state index is 10.3. The van der Waals surface area contributed by atoms with Crippen LogP contribution < -0.4 is 0 Å². The van der Waals surface area contributed by atoms with Crippen molar-refractivity contribution < 1.29 is 4.79 Å². The molecule has 2 rings (SSSR count). The van der Waals surface area contributed by atoms with Gasteiger partial charge in [0.25, 0.3) is 0 Å². The van der Waals surface area contributed by atoms with Gasteiger partial charge in [0, 0.05) is 13.2 Å². The average Bonchev–Trinajstić information content (AvgIpc) is 2.44. The van der Waals surface area contributed by atoms with E-state index in [0.29, 0.717) is 11.5 Å². The quantitative estimate of drug-likeness (QED) is 0.520. The van der Waals surface area contributed by atoms with Crippen molar-refractivity contribution in [3.63, 3.8) is 0 Å². The van der Waals surface area contributed by atoms with Crippen LogP contribution in [0.5, 0.6) is 0 Å². The van der Waals surface area contributed by atoms with Crippen molar-refractivity contribution >= 4 is 22.8 Å². The summed E-state index contributed by atoms with van der Waals surface area (Å²) in [6.45, 7) is 3.71. The van der Waals surface area contributed by atoms with Crippen molar-refractivity contribution in [2.24, 2.45) is 12.0 Å². The molecule has 0 radical (unpaired) electrons. The van der Waals surface area contributed by atoms with Crippen LogP contribution >= 0.6 is 0 Å². The highest BCUT2D eigenvalue weighted by atomic mass is 16.1. The summed E-state index contributed by atoms with van der Waals surface area (Å²) in [6.07, 6.45) is 3.28. The molecular formula is C10H10N4O. The summed E-state index contributed by atoms with van der Waals surface area (Å²) in [5, 5.41) is 0.812. The van der Waals surface area contributed by atoms with Gasteiger partial charge in [0.2, 0.25) is 6.08 Å². The number of aromatic nitrogens is 3. The standard InChI is InChI=1S/C10H10N4O/c1-6-9-8(11-5-15)4-14(3)10(9)13-7(2)12-6/h4H,1-3H3. The monoisotopic (exact) mass is 202 g/mol. The Morgan fingerprint density at radius 1 is 1.40 bits per heavy atom. The van der Waals surface area contributed by atoms with E-state index in [1.165, 1.54) is 6.08 Å². The molecule has 2 aromatic rings. The molecule has 2 heterocycles. The molecule has 0 spiro atoms. The Morgan fingerprint density at radius 2 is 2.13 bits per heavy atom. The third-order valence-electron chi connectivity index (χ3n) is 2.25. The van der Waals surface area contributed by atoms with Gasteiger partial charge in [-0.3, -0.25) is 0 Å². The zero-order chi connectivity index (χ0) is 11.0. The molecule has 0 amide bonds. The minimum absolute atomic E-state index is 0.569. The molecule has 0 fully saturated rings. The largest absolute Gasteiger partial charge is 0.333 e. The lowest BCUT2D eigenvalue weighted by molar-refractivity contribution is 0.565. The topological polar surface area (TPSA) is 60.1 Å². The van der Waals surface area contributed by atoms with Crippen LogP contribution in [0.4, 0.5) is 5.69 Å². The normalized spacial score (nSPS) is 10.3. The molecular weight excluding hydrogens is 192 g/mol. The van der Waals surface area contributed by atoms with Gasteiger partial charge in [-0.2, -0.15) is 4.99 Å². The lowest BCUT2D eigenvalue weighted by Crippen LogP contribution is -1.95. The van der Waals surface area contributed by atoms with E-state index in [4.69, 9.17) is 0 Å². The Hall–Kier alpha value is -2.00. The second kappa shape index (κ2) is 3.29. The molecule has 0 atom stereocenters. The molecule has 76 valence electrons. The third kappa shape index (κ3) is 1.43. The number of fused-ring (bicyclic) bond motifs is 1. The highest BCUT2D eigenvalue weighted by Crippen LogP contribution is 2.28. The van der Waals surface area contributed by atoms with Gasteiger partial charge in [0.1, 0.15) is 17.2 Å². The molecule has 0 N–H and O–H groups in total. The van der Waals surface area contributed by atoms with Crippen LogP contribution in [0.1, 0.15) is 11.5 Å². The van der Waals surface area contributed by atoms with E-state index in [2.05, 4.69) is 15.0 Å². The summed E-state index contributed by atoms with van der Waals surface area (Å²) in [4.78, 5) is 22.4. The van der Waals surface area contributed by atoms with E-state index in [1.54, 1.807) is 6.20 Å². The second-order valence-electron chi connectivity index (χ2n) is 3.38. The Balaban J connectivity index is 2.93. The van der Waals surface area contributed by atoms with Gasteiger partial charge in [-0.05, 0) is 13.8 Å². The predicted molar refractivity (Wildman–Crippen MR) is 55.8 cm³/mol. The molecule has 0 aromatic carbocycles. The van der Waals surface area contributed by atoms with E-state index in [-0.39, 0.29) is 0 Å². The van der Waals surface area contributed by atoms with Crippen molar-refractivity contribution in [3.05, 3.63) is 17.7 Å². The average molecular weight is 202 g/mol. The SMILES string of the molecule is Cc1nc(C)c2c(N=C=O)cn(C)c2n1. The highest BCUT2D eigenvalue weighted by molar-refractivity contribution is 5.91. The molecule has 5 nitrogen and oxygen atoms in total. The van der Waals surface area contributed by atoms with Crippen molar-refractivity contribution in [2.45, 2.75) is 13.8 Å². The van der Waals surface area contributed by atoms with E-state index in [0.717, 1.165) is 16.7 Å². The first-order chi connectivity index (χ1) is 7.13. The molecule has 0 saturated heterocycles. The molecule has 0 unspecified atom stereocenters. The molecule has 15 heavy (non-hydrogen) atoms. The Labute approximate surface area is 86.5 Å². The lowest BCUT2D eigenvalue weighted by Gasteiger charge is -1.99. The number of carbonyl (C=O) groups excluding carboxylic acids is 1. The number of isocyanates is 1. The summed E-state index contributed by atoms with van der Waals surface area (Å²) in [5.74, 6) is 0.711. The first-order valence-electron chi connectivity index (χ1n) is 4.51. The Bertz CT molecular complexity index is 579. The van der Waals surface area contributed by atoms with Gasteiger partial charge in [0.05, 0.1) is 11.1 Å². The van der Waals surface area contributed by atoms with Crippen molar-refractivity contribution in [2.75, 3.05) is 0 Å². The number of aliphatic imine (C=N–C) groups is 1. The summed E-state index contributed by atoms with van der Waals surface area (Å²) in [5.41, 5.74) is 2.18. The molecule has 2 aromatic heterocycles. The molecule has 0 aliphatic heterocycles. The van der Waals surface area contributed by atoms with Crippen molar-refractivity contribution in [1.82, 2.24) is 14.5 Å². The van der Waals surface area contributed by atoms with Gasteiger partial charge in [-0.25, -0.2) is 14.8 Å². The molecule has 0 bridgehead atoms. The van der Waals surface area contributed by atoms with Gasteiger partial charge in [0.15, 0.2) is 0 Å². The maximum absolute atomic E-state index is 10.3. The van der Waals surface area contributed by atoms with Crippen LogP contribution in [0.2, 0.25) is 0 Å². The molecule has 5 heteroatoms. The van der Waals surface area contributed by atoms with Crippen LogP contribution in [-0.2, 0) is 11.8 Å². The summed E-state index contributed by atoms with van der Waals surface area (Å²) >= 11 is 0. The second-order valence-corrected chi connectivity index (χ2v) is 3.38. The zero-order valence-corrected chi connectivity index (χ0v) is 8.77. The van der Waals surface area contributed by atoms with E-state index in [9.17, 15) is 4.79 Å². The van der Waals surface area contributed by atoms with E-state index < -0.39 is 0 Å². The van der Waals surface area contributed by atoms with Gasteiger partial charge in [-0.1, -0.05) is 0 Å². The van der Waals surface area contributed by atoms with Crippen LogP contribution in [0.3, 0.4) is 0 Å². The zero-order valence-electron chi connectivity index (χ0n) is 8.77. The minimum Gasteiger partial charge on any atom is -0.333 e. The Morgan fingerprint density at radius 3 is 2.80 bits per heavy atom. The fraction of sp³-hybridized carbons (Fsp3) is 0.300. The molecule has 0 aliphatic carbocycles. The smallest absolute Gasteiger partial charge is 0.240 e. The van der Waals surface area contributed by atoms with Crippen LogP contribution in [0.25, 0.3) is 11.0 Å². The third-order valence-corrected chi connectivity index (χ3v) is 2.25. The maximum Gasteiger partial charge on any atom is 0.240 e. The van der Waals surface area contributed by atoms with Gasteiger partial charge in [-0.15, -0.1) is 0 Å². The van der Waals surface area contributed by atoms with Crippen molar-refractivity contribution in [3.8, 4) is 0 Å². The number of nitrogens with zero attached hydrogens (tertiary/aromatic N) is 4. The molecule has 0 aliphatic rings. The van der Waals surface area contributed by atoms with Crippen LogP contribution in [0, 0.1) is 13.8 Å². The summed E-state index contributed by atoms with van der Waals surface area (Å²) in [6, 6.07) is 0. The fourth-order valence-electron chi connectivity index (χ4n) is 1.69. The van der Waals surface area contributed by atoms with E-state index in [1.807, 2.05) is 25.5 Å². The van der Waals surface area contributed by atoms with Crippen LogP contribution in [0.15, 0.2) is 11.2 Å². The minimum atomic E-state index is 0.569. The number of rotatable bonds is 1. The van der Waals surface area contributed by atoms with E-state index >= 15 is 0 Å². The predicted octanol–water partition coefficient (Wildman–Crippen LogP) is 1.55. The number of hydrogen-bond acceptors (Lipinski definition) is 4. The first kappa shape index (κ1) is 9.55. The number of hydrogen-bond donors (Lipinski definition) is 0. The van der Waals surface area contributed by atoms with Crippen molar-refractivity contribution in [1.29, 1.82) is 0 Å². The highest BCUT2D eigenvalue weighted by Gasteiger charge is 2.11. The fourth-order valence-corrected chi connectivity index (χ4v) is 1.69. The number of aryl methyl sites for hydroxylation is 3. The lowest BCUT2D eigenvalue weighted by atomic mass is 10.2. The molecule has 0 saturated carbocycles. The summed E-state index contributed by atoms with van der Waals surface area (Å²) < 4.78 is 1.83.